The summed E-state index contributed by atoms with van der Waals surface area (Å²) >= 11 is 0. The number of nitrogens with zero attached hydrogens (tertiary/aromatic N) is 4. The van der Waals surface area contributed by atoms with Crippen molar-refractivity contribution in [3.8, 4) is 17.0 Å². The molecule has 0 saturated heterocycles. The van der Waals surface area contributed by atoms with Gasteiger partial charge >= 0.3 is 0 Å². The third-order valence-electron chi connectivity index (χ3n) is 4.23. The lowest BCUT2D eigenvalue weighted by Gasteiger charge is -2.10. The summed E-state index contributed by atoms with van der Waals surface area (Å²) in [5, 5.41) is 8.16. The number of ether oxygens (including phenoxy) is 1. The van der Waals surface area contributed by atoms with Crippen LogP contribution in [-0.4, -0.2) is 59.9 Å². The normalized spacial score (nSPS) is 11.1. The van der Waals surface area contributed by atoms with Crippen molar-refractivity contribution < 1.29 is 9.53 Å². The molecule has 0 spiro atoms. The highest BCUT2D eigenvalue weighted by atomic mass is 16.5. The molecule has 0 aliphatic carbocycles. The maximum atomic E-state index is 11.8. The third-order valence-corrected chi connectivity index (χ3v) is 4.23. The number of fused-ring (bicyclic) bond motifs is 1. The van der Waals surface area contributed by atoms with Gasteiger partial charge in [-0.05, 0) is 56.9 Å². The Bertz CT molecular complexity index is 902. The first-order chi connectivity index (χ1) is 13.1. The van der Waals surface area contributed by atoms with E-state index in [1.54, 1.807) is 17.9 Å². The Labute approximate surface area is 159 Å². The molecule has 7 heteroatoms. The largest absolute Gasteiger partial charge is 0.494 e. The number of likely N-dealkylation sites (N-methyl/N-ethyl adjacent to an activating group) is 1. The average molecular weight is 367 g/mol. The lowest BCUT2D eigenvalue weighted by atomic mass is 10.1. The van der Waals surface area contributed by atoms with E-state index in [0.717, 1.165) is 35.4 Å². The summed E-state index contributed by atoms with van der Waals surface area (Å²) in [4.78, 5) is 18.3. The number of pyridine rings is 1. The zero-order valence-corrected chi connectivity index (χ0v) is 16.0. The minimum absolute atomic E-state index is 0.113. The van der Waals surface area contributed by atoms with Crippen molar-refractivity contribution in [2.75, 3.05) is 34.3 Å². The van der Waals surface area contributed by atoms with Crippen LogP contribution < -0.4 is 10.1 Å². The fourth-order valence-electron chi connectivity index (χ4n) is 2.83. The number of rotatable bonds is 8. The van der Waals surface area contributed by atoms with E-state index in [1.807, 2.05) is 36.4 Å². The van der Waals surface area contributed by atoms with Gasteiger partial charge in [-0.2, -0.15) is 5.10 Å². The van der Waals surface area contributed by atoms with E-state index in [9.17, 15) is 4.79 Å². The van der Waals surface area contributed by atoms with Crippen molar-refractivity contribution in [3.05, 3.63) is 42.6 Å². The van der Waals surface area contributed by atoms with Gasteiger partial charge in [0.05, 0.1) is 6.61 Å². The zero-order chi connectivity index (χ0) is 19.2. The minimum Gasteiger partial charge on any atom is -0.494 e. The lowest BCUT2D eigenvalue weighted by molar-refractivity contribution is -0.121. The SMILES string of the molecule is CNC(=O)Cn1nc(-c2ccc(OCCCN(C)C)cc2)c2cccnc21. The number of benzene rings is 1. The van der Waals surface area contributed by atoms with Crippen LogP contribution in [0.2, 0.25) is 0 Å². The molecule has 1 amide bonds. The second-order valence-corrected chi connectivity index (χ2v) is 6.58. The van der Waals surface area contributed by atoms with Gasteiger partial charge in [-0.1, -0.05) is 0 Å². The second-order valence-electron chi connectivity index (χ2n) is 6.58. The molecule has 2 heterocycles. The molecule has 0 aliphatic rings. The van der Waals surface area contributed by atoms with Gasteiger partial charge in [0.2, 0.25) is 5.91 Å². The van der Waals surface area contributed by atoms with Crippen molar-refractivity contribution in [1.82, 2.24) is 25.0 Å². The minimum atomic E-state index is -0.113. The van der Waals surface area contributed by atoms with E-state index in [4.69, 9.17) is 4.74 Å². The molecule has 1 N–H and O–H groups in total. The Hall–Kier alpha value is -2.93. The number of aromatic nitrogens is 3. The lowest BCUT2D eigenvalue weighted by Crippen LogP contribution is -2.24. The van der Waals surface area contributed by atoms with Gasteiger partial charge in [-0.25, -0.2) is 9.67 Å². The number of nitrogens with one attached hydrogen (secondary N) is 1. The molecule has 0 bridgehead atoms. The molecule has 3 rings (SSSR count). The van der Waals surface area contributed by atoms with Crippen LogP contribution >= 0.6 is 0 Å². The van der Waals surface area contributed by atoms with Crippen LogP contribution in [0.4, 0.5) is 0 Å². The van der Waals surface area contributed by atoms with Gasteiger partial charge < -0.3 is 15.0 Å². The van der Waals surface area contributed by atoms with Crippen molar-refractivity contribution in [2.45, 2.75) is 13.0 Å². The van der Waals surface area contributed by atoms with Gasteiger partial charge in [0.15, 0.2) is 5.65 Å². The molecule has 3 aromatic rings. The molecule has 142 valence electrons. The highest BCUT2D eigenvalue weighted by Crippen LogP contribution is 2.28. The maximum Gasteiger partial charge on any atom is 0.241 e. The third kappa shape index (κ3) is 4.62. The predicted octanol–water partition coefficient (Wildman–Crippen LogP) is 2.17. The molecule has 0 unspecified atom stereocenters. The Balaban J connectivity index is 1.79. The Morgan fingerprint density at radius 2 is 2.00 bits per heavy atom. The van der Waals surface area contributed by atoms with E-state index in [2.05, 4.69) is 34.4 Å². The molecule has 7 nitrogen and oxygen atoms in total. The molecule has 0 fully saturated rings. The number of hydrogen-bond donors (Lipinski definition) is 1. The van der Waals surface area contributed by atoms with Gasteiger partial charge in [0, 0.05) is 30.7 Å². The van der Waals surface area contributed by atoms with Gasteiger partial charge in [-0.3, -0.25) is 4.79 Å². The topological polar surface area (TPSA) is 72.3 Å². The molecule has 0 radical (unpaired) electrons. The quantitative estimate of drug-likeness (QED) is 0.618. The number of carbonyl (C=O) groups is 1. The summed E-state index contributed by atoms with van der Waals surface area (Å²) in [6.45, 7) is 1.82. The first kappa shape index (κ1) is 18.8. The van der Waals surface area contributed by atoms with Crippen LogP contribution in [0, 0.1) is 0 Å². The molecular formula is C20H25N5O2. The summed E-state index contributed by atoms with van der Waals surface area (Å²) < 4.78 is 7.42. The van der Waals surface area contributed by atoms with Gasteiger partial charge in [0.1, 0.15) is 18.0 Å². The molecule has 0 saturated carbocycles. The molecular weight excluding hydrogens is 342 g/mol. The highest BCUT2D eigenvalue weighted by molar-refractivity contribution is 5.92. The molecule has 1 aromatic carbocycles. The van der Waals surface area contributed by atoms with Crippen LogP contribution in [0.25, 0.3) is 22.3 Å². The summed E-state index contributed by atoms with van der Waals surface area (Å²) in [7, 11) is 5.72. The predicted molar refractivity (Wildman–Crippen MR) is 106 cm³/mol. The van der Waals surface area contributed by atoms with Crippen molar-refractivity contribution in [2.24, 2.45) is 0 Å². The first-order valence-corrected chi connectivity index (χ1v) is 8.98. The fourth-order valence-corrected chi connectivity index (χ4v) is 2.83. The fraction of sp³-hybridized carbons (Fsp3) is 0.350. The average Bonchev–Trinajstić information content (AvgIpc) is 3.04. The summed E-state index contributed by atoms with van der Waals surface area (Å²) in [5.41, 5.74) is 2.46. The van der Waals surface area contributed by atoms with Crippen LogP contribution in [0.5, 0.6) is 5.75 Å². The van der Waals surface area contributed by atoms with Crippen molar-refractivity contribution in [1.29, 1.82) is 0 Å². The maximum absolute atomic E-state index is 11.8. The highest BCUT2D eigenvalue weighted by Gasteiger charge is 2.14. The van der Waals surface area contributed by atoms with E-state index < -0.39 is 0 Å². The standard InChI is InChI=1S/C20H25N5O2/c1-21-18(26)14-25-20-17(6-4-11-22-20)19(23-25)15-7-9-16(10-8-15)27-13-5-12-24(2)3/h4,6-11H,5,12-14H2,1-3H3,(H,21,26). The zero-order valence-electron chi connectivity index (χ0n) is 16.0. The molecule has 2 aromatic heterocycles. The van der Waals surface area contributed by atoms with Crippen molar-refractivity contribution >= 4 is 16.9 Å². The molecule has 0 atom stereocenters. The van der Waals surface area contributed by atoms with Crippen molar-refractivity contribution in [3.63, 3.8) is 0 Å². The van der Waals surface area contributed by atoms with E-state index in [-0.39, 0.29) is 12.5 Å². The Morgan fingerprint density at radius 3 is 2.70 bits per heavy atom. The van der Waals surface area contributed by atoms with E-state index in [1.165, 1.54) is 0 Å². The number of hydrogen-bond acceptors (Lipinski definition) is 5. The summed E-state index contributed by atoms with van der Waals surface area (Å²) in [6.07, 6.45) is 2.69. The van der Waals surface area contributed by atoms with E-state index >= 15 is 0 Å². The summed E-state index contributed by atoms with van der Waals surface area (Å²) in [5.74, 6) is 0.725. The molecule has 27 heavy (non-hydrogen) atoms. The number of carbonyl (C=O) groups excluding carboxylic acids is 1. The Morgan fingerprint density at radius 1 is 1.22 bits per heavy atom. The molecule has 0 aliphatic heterocycles. The van der Waals surface area contributed by atoms with Gasteiger partial charge in [0.25, 0.3) is 0 Å². The first-order valence-electron chi connectivity index (χ1n) is 8.98. The monoisotopic (exact) mass is 367 g/mol. The smallest absolute Gasteiger partial charge is 0.241 e. The van der Waals surface area contributed by atoms with Crippen LogP contribution in [0.15, 0.2) is 42.6 Å². The van der Waals surface area contributed by atoms with Crippen LogP contribution in [0.1, 0.15) is 6.42 Å². The summed E-state index contributed by atoms with van der Waals surface area (Å²) in [6, 6.07) is 11.7. The van der Waals surface area contributed by atoms with Crippen LogP contribution in [-0.2, 0) is 11.3 Å². The second kappa shape index (κ2) is 8.64. The number of amides is 1. The van der Waals surface area contributed by atoms with Crippen LogP contribution in [0.3, 0.4) is 0 Å². The Kier molecular flexibility index (Phi) is 6.03. The van der Waals surface area contributed by atoms with E-state index in [0.29, 0.717) is 12.3 Å². The van der Waals surface area contributed by atoms with Gasteiger partial charge in [-0.15, -0.1) is 0 Å².